The first-order valence-corrected chi connectivity index (χ1v) is 8.65. The van der Waals surface area contributed by atoms with E-state index in [-0.39, 0.29) is 5.41 Å². The number of benzene rings is 2. The minimum Gasteiger partial charge on any atom is -0.493 e. The summed E-state index contributed by atoms with van der Waals surface area (Å²) in [5, 5.41) is 0. The van der Waals surface area contributed by atoms with Crippen molar-refractivity contribution in [1.29, 1.82) is 0 Å². The third-order valence-electron chi connectivity index (χ3n) is 4.97. The second kappa shape index (κ2) is 6.90. The van der Waals surface area contributed by atoms with Crippen LogP contribution in [0.5, 0.6) is 17.2 Å². The lowest BCUT2D eigenvalue weighted by atomic mass is 9.82. The highest BCUT2D eigenvalue weighted by atomic mass is 16.5. The van der Waals surface area contributed by atoms with Crippen molar-refractivity contribution < 1.29 is 18.6 Å². The van der Waals surface area contributed by atoms with E-state index in [1.54, 1.807) is 21.3 Å². The summed E-state index contributed by atoms with van der Waals surface area (Å²) in [5.74, 6) is 2.20. The first-order valence-electron chi connectivity index (χ1n) is 8.65. The molecule has 5 nitrogen and oxygen atoms in total. The molecule has 0 saturated carbocycles. The van der Waals surface area contributed by atoms with Gasteiger partial charge >= 0.3 is 0 Å². The summed E-state index contributed by atoms with van der Waals surface area (Å²) >= 11 is 0. The first kappa shape index (κ1) is 18.1. The van der Waals surface area contributed by atoms with Gasteiger partial charge in [-0.2, -0.15) is 0 Å². The fraction of sp³-hybridized carbons (Fsp3) is 0.381. The smallest absolute Gasteiger partial charge is 0.227 e. The molecule has 26 heavy (non-hydrogen) atoms. The number of aromatic nitrogens is 1. The molecule has 5 heteroatoms. The fourth-order valence-electron chi connectivity index (χ4n) is 2.88. The van der Waals surface area contributed by atoms with E-state index in [0.717, 1.165) is 23.1 Å². The first-order chi connectivity index (χ1) is 12.4. The fourth-order valence-corrected chi connectivity index (χ4v) is 2.88. The van der Waals surface area contributed by atoms with E-state index in [0.29, 0.717) is 23.1 Å². The summed E-state index contributed by atoms with van der Waals surface area (Å²) in [6.45, 7) is 6.64. The molecule has 0 spiro atoms. The van der Waals surface area contributed by atoms with Gasteiger partial charge in [0.1, 0.15) is 5.52 Å². The molecule has 0 saturated heterocycles. The van der Waals surface area contributed by atoms with Crippen LogP contribution in [0.4, 0.5) is 0 Å². The van der Waals surface area contributed by atoms with Crippen LogP contribution in [0.2, 0.25) is 0 Å². The number of hydrogen-bond donors (Lipinski definition) is 0. The summed E-state index contributed by atoms with van der Waals surface area (Å²) in [5.41, 5.74) is 3.69. The highest BCUT2D eigenvalue weighted by Crippen LogP contribution is 2.41. The molecule has 138 valence electrons. The summed E-state index contributed by atoms with van der Waals surface area (Å²) < 4.78 is 22.3. The molecule has 0 atom stereocenters. The molecule has 0 bridgehead atoms. The Morgan fingerprint density at radius 3 is 2.15 bits per heavy atom. The molecule has 0 unspecified atom stereocenters. The molecule has 1 heterocycles. The normalized spacial score (nSPS) is 11.6. The average Bonchev–Trinajstić information content (AvgIpc) is 3.09. The Labute approximate surface area is 153 Å². The number of ether oxygens (including phenoxy) is 3. The van der Waals surface area contributed by atoms with E-state index in [4.69, 9.17) is 18.6 Å². The number of hydrogen-bond acceptors (Lipinski definition) is 5. The van der Waals surface area contributed by atoms with Gasteiger partial charge in [0.15, 0.2) is 17.1 Å². The van der Waals surface area contributed by atoms with Crippen molar-refractivity contribution in [2.24, 2.45) is 0 Å². The Morgan fingerprint density at radius 2 is 1.62 bits per heavy atom. The van der Waals surface area contributed by atoms with Crippen LogP contribution in [-0.4, -0.2) is 26.3 Å². The molecule has 0 aliphatic carbocycles. The molecule has 0 aliphatic heterocycles. The van der Waals surface area contributed by atoms with Crippen molar-refractivity contribution in [2.75, 3.05) is 21.3 Å². The predicted octanol–water partition coefficient (Wildman–Crippen LogP) is 5.21. The van der Waals surface area contributed by atoms with Crippen molar-refractivity contribution >= 4 is 11.1 Å². The van der Waals surface area contributed by atoms with Gasteiger partial charge in [-0.25, -0.2) is 4.98 Å². The SMILES string of the molecule is CCC(C)(C)c1ccc2nc(-c3cc(OC)c(OC)c(OC)c3)oc2c1. The van der Waals surface area contributed by atoms with Crippen molar-refractivity contribution in [2.45, 2.75) is 32.6 Å². The van der Waals surface area contributed by atoms with Crippen LogP contribution in [0, 0.1) is 0 Å². The van der Waals surface area contributed by atoms with Crippen LogP contribution in [0.15, 0.2) is 34.7 Å². The maximum Gasteiger partial charge on any atom is 0.227 e. The molecule has 1 aromatic heterocycles. The second-order valence-electron chi connectivity index (χ2n) is 6.85. The third kappa shape index (κ3) is 3.09. The zero-order valence-corrected chi connectivity index (χ0v) is 16.2. The van der Waals surface area contributed by atoms with E-state index in [1.807, 2.05) is 18.2 Å². The van der Waals surface area contributed by atoms with Gasteiger partial charge in [-0.1, -0.05) is 26.8 Å². The Kier molecular flexibility index (Phi) is 4.81. The van der Waals surface area contributed by atoms with E-state index in [9.17, 15) is 0 Å². The van der Waals surface area contributed by atoms with E-state index in [1.165, 1.54) is 5.56 Å². The Bertz CT molecular complexity index is 902. The van der Waals surface area contributed by atoms with Crippen molar-refractivity contribution in [1.82, 2.24) is 4.98 Å². The van der Waals surface area contributed by atoms with E-state index in [2.05, 4.69) is 37.9 Å². The molecule has 3 rings (SSSR count). The van der Waals surface area contributed by atoms with Gasteiger partial charge in [0.2, 0.25) is 11.6 Å². The van der Waals surface area contributed by atoms with Crippen molar-refractivity contribution in [3.05, 3.63) is 35.9 Å². The highest BCUT2D eigenvalue weighted by Gasteiger charge is 2.21. The molecule has 0 amide bonds. The van der Waals surface area contributed by atoms with E-state index < -0.39 is 0 Å². The van der Waals surface area contributed by atoms with Gasteiger partial charge in [0, 0.05) is 5.56 Å². The highest BCUT2D eigenvalue weighted by molar-refractivity contribution is 5.78. The second-order valence-corrected chi connectivity index (χ2v) is 6.85. The molecule has 0 N–H and O–H groups in total. The van der Waals surface area contributed by atoms with Gasteiger partial charge in [-0.05, 0) is 41.7 Å². The number of oxazole rings is 1. The lowest BCUT2D eigenvalue weighted by Crippen LogP contribution is -2.14. The number of nitrogens with zero attached hydrogens (tertiary/aromatic N) is 1. The van der Waals surface area contributed by atoms with Crippen LogP contribution in [0.1, 0.15) is 32.8 Å². The third-order valence-corrected chi connectivity index (χ3v) is 4.97. The topological polar surface area (TPSA) is 53.7 Å². The van der Waals surface area contributed by atoms with Gasteiger partial charge in [0.25, 0.3) is 0 Å². The largest absolute Gasteiger partial charge is 0.493 e. The molecule has 2 aromatic carbocycles. The number of rotatable bonds is 6. The lowest BCUT2D eigenvalue weighted by molar-refractivity contribution is 0.324. The summed E-state index contributed by atoms with van der Waals surface area (Å²) in [6.07, 6.45) is 1.05. The minimum atomic E-state index is 0.0910. The van der Waals surface area contributed by atoms with Crippen LogP contribution in [0.3, 0.4) is 0 Å². The molecule has 0 aliphatic rings. The molecule has 0 radical (unpaired) electrons. The van der Waals surface area contributed by atoms with Crippen LogP contribution < -0.4 is 14.2 Å². The Balaban J connectivity index is 2.11. The number of fused-ring (bicyclic) bond motifs is 1. The minimum absolute atomic E-state index is 0.0910. The zero-order valence-electron chi connectivity index (χ0n) is 16.2. The van der Waals surface area contributed by atoms with E-state index >= 15 is 0 Å². The Hall–Kier alpha value is -2.69. The number of methoxy groups -OCH3 is 3. The quantitative estimate of drug-likeness (QED) is 0.608. The Morgan fingerprint density at radius 1 is 0.962 bits per heavy atom. The predicted molar refractivity (Wildman–Crippen MR) is 102 cm³/mol. The van der Waals surface area contributed by atoms with Crippen LogP contribution >= 0.6 is 0 Å². The van der Waals surface area contributed by atoms with Crippen molar-refractivity contribution in [3.63, 3.8) is 0 Å². The van der Waals surface area contributed by atoms with Gasteiger partial charge in [0.05, 0.1) is 21.3 Å². The molecule has 3 aromatic rings. The van der Waals surface area contributed by atoms with Crippen LogP contribution in [0.25, 0.3) is 22.6 Å². The standard InChI is InChI=1S/C21H25NO4/c1-7-21(2,3)14-8-9-15-16(12-14)26-20(22-15)13-10-17(23-4)19(25-6)18(11-13)24-5/h8-12H,7H2,1-6H3. The maximum absolute atomic E-state index is 6.04. The zero-order chi connectivity index (χ0) is 18.9. The maximum atomic E-state index is 6.04. The summed E-state index contributed by atoms with van der Waals surface area (Å²) in [7, 11) is 4.76. The van der Waals surface area contributed by atoms with Crippen LogP contribution in [-0.2, 0) is 5.41 Å². The monoisotopic (exact) mass is 355 g/mol. The van der Waals surface area contributed by atoms with Crippen molar-refractivity contribution in [3.8, 4) is 28.7 Å². The van der Waals surface area contributed by atoms with Gasteiger partial charge in [-0.15, -0.1) is 0 Å². The molecule has 0 fully saturated rings. The van der Waals surface area contributed by atoms with Gasteiger partial charge < -0.3 is 18.6 Å². The summed E-state index contributed by atoms with van der Waals surface area (Å²) in [4.78, 5) is 4.62. The average molecular weight is 355 g/mol. The van der Waals surface area contributed by atoms with Gasteiger partial charge in [-0.3, -0.25) is 0 Å². The summed E-state index contributed by atoms with van der Waals surface area (Å²) in [6, 6.07) is 9.87. The molecular formula is C21H25NO4. The molecular weight excluding hydrogens is 330 g/mol. The lowest BCUT2D eigenvalue weighted by Gasteiger charge is -2.22.